The molecule has 4 nitrogen and oxygen atoms in total. The summed E-state index contributed by atoms with van der Waals surface area (Å²) in [7, 11) is 1.94. The SMILES string of the molecule is CNC1CN(c2cc(CF)ncn2)C1. The maximum atomic E-state index is 12.3. The molecule has 0 spiro atoms. The largest absolute Gasteiger partial charge is 0.353 e. The predicted molar refractivity (Wildman–Crippen MR) is 51.9 cm³/mol. The molecule has 0 saturated carbocycles. The highest BCUT2D eigenvalue weighted by Gasteiger charge is 2.26. The van der Waals surface area contributed by atoms with Crippen LogP contribution in [0.2, 0.25) is 0 Å². The predicted octanol–water partition coefficient (Wildman–Crippen LogP) is 0.354. The fraction of sp³-hybridized carbons (Fsp3) is 0.556. The van der Waals surface area contributed by atoms with Gasteiger partial charge in [0, 0.05) is 25.2 Å². The minimum Gasteiger partial charge on any atom is -0.353 e. The Morgan fingerprint density at radius 3 is 3.00 bits per heavy atom. The first-order valence-electron chi connectivity index (χ1n) is 4.62. The van der Waals surface area contributed by atoms with E-state index in [9.17, 15) is 4.39 Å². The van der Waals surface area contributed by atoms with Crippen molar-refractivity contribution in [1.82, 2.24) is 15.3 Å². The molecule has 2 heterocycles. The molecule has 1 fully saturated rings. The van der Waals surface area contributed by atoms with Crippen molar-refractivity contribution in [2.24, 2.45) is 0 Å². The van der Waals surface area contributed by atoms with Crippen LogP contribution in [-0.4, -0.2) is 36.1 Å². The summed E-state index contributed by atoms with van der Waals surface area (Å²) in [4.78, 5) is 10.0. The van der Waals surface area contributed by atoms with Gasteiger partial charge in [0.05, 0.1) is 5.69 Å². The molecular formula is C9H13FN4. The van der Waals surface area contributed by atoms with Crippen molar-refractivity contribution in [2.75, 3.05) is 25.0 Å². The zero-order valence-electron chi connectivity index (χ0n) is 8.07. The lowest BCUT2D eigenvalue weighted by molar-refractivity contribution is 0.444. The van der Waals surface area contributed by atoms with Crippen LogP contribution >= 0.6 is 0 Å². The van der Waals surface area contributed by atoms with E-state index in [0.717, 1.165) is 18.9 Å². The standard InChI is InChI=1S/C9H13FN4/c1-11-8-4-14(5-8)9-2-7(3-10)12-6-13-9/h2,6,8,11H,3-5H2,1H3. The number of rotatable bonds is 3. The van der Waals surface area contributed by atoms with E-state index in [2.05, 4.69) is 20.2 Å². The lowest BCUT2D eigenvalue weighted by Crippen LogP contribution is -2.57. The highest BCUT2D eigenvalue weighted by atomic mass is 19.1. The minimum atomic E-state index is -0.529. The average Bonchev–Trinajstić information content (AvgIpc) is 2.17. The Kier molecular flexibility index (Phi) is 2.58. The summed E-state index contributed by atoms with van der Waals surface area (Å²) in [6.45, 7) is 1.33. The van der Waals surface area contributed by atoms with Crippen molar-refractivity contribution in [1.29, 1.82) is 0 Å². The minimum absolute atomic E-state index is 0.447. The molecule has 0 atom stereocenters. The Labute approximate surface area is 82.2 Å². The molecule has 2 rings (SSSR count). The topological polar surface area (TPSA) is 41.0 Å². The van der Waals surface area contributed by atoms with Gasteiger partial charge in [-0.05, 0) is 7.05 Å². The monoisotopic (exact) mass is 196 g/mol. The van der Waals surface area contributed by atoms with Gasteiger partial charge in [-0.1, -0.05) is 0 Å². The molecular weight excluding hydrogens is 183 g/mol. The summed E-state index contributed by atoms with van der Waals surface area (Å²) >= 11 is 0. The van der Waals surface area contributed by atoms with Gasteiger partial charge in [-0.25, -0.2) is 14.4 Å². The summed E-state index contributed by atoms with van der Waals surface area (Å²) in [5, 5.41) is 3.17. The van der Waals surface area contributed by atoms with Gasteiger partial charge in [0.25, 0.3) is 0 Å². The smallest absolute Gasteiger partial charge is 0.132 e. The van der Waals surface area contributed by atoms with E-state index in [1.54, 1.807) is 6.07 Å². The molecule has 1 saturated heterocycles. The van der Waals surface area contributed by atoms with Gasteiger partial charge in [-0.15, -0.1) is 0 Å². The lowest BCUT2D eigenvalue weighted by atomic mass is 10.1. The number of nitrogens with one attached hydrogen (secondary N) is 1. The zero-order valence-corrected chi connectivity index (χ0v) is 8.07. The number of halogens is 1. The van der Waals surface area contributed by atoms with Gasteiger partial charge < -0.3 is 10.2 Å². The van der Waals surface area contributed by atoms with Crippen LogP contribution < -0.4 is 10.2 Å². The van der Waals surface area contributed by atoms with E-state index in [1.165, 1.54) is 6.33 Å². The van der Waals surface area contributed by atoms with Crippen molar-refractivity contribution in [2.45, 2.75) is 12.7 Å². The zero-order chi connectivity index (χ0) is 9.97. The molecule has 0 unspecified atom stereocenters. The summed E-state index contributed by atoms with van der Waals surface area (Å²) in [6.07, 6.45) is 1.41. The number of likely N-dealkylation sites (N-methyl/N-ethyl adjacent to an activating group) is 1. The Balaban J connectivity index is 2.03. The summed E-state index contributed by atoms with van der Waals surface area (Å²) in [5.74, 6) is 0.819. The van der Waals surface area contributed by atoms with Crippen LogP contribution in [0.1, 0.15) is 5.69 Å². The molecule has 1 N–H and O–H groups in total. The highest BCUT2D eigenvalue weighted by Crippen LogP contribution is 2.18. The van der Waals surface area contributed by atoms with Gasteiger partial charge >= 0.3 is 0 Å². The maximum absolute atomic E-state index is 12.3. The molecule has 0 radical (unpaired) electrons. The van der Waals surface area contributed by atoms with Gasteiger partial charge in [0.2, 0.25) is 0 Å². The molecule has 0 bridgehead atoms. The van der Waals surface area contributed by atoms with Crippen LogP contribution in [0.5, 0.6) is 0 Å². The molecule has 5 heteroatoms. The third-order valence-corrected chi connectivity index (χ3v) is 2.46. The first-order valence-corrected chi connectivity index (χ1v) is 4.62. The van der Waals surface area contributed by atoms with E-state index in [1.807, 2.05) is 7.05 Å². The van der Waals surface area contributed by atoms with E-state index >= 15 is 0 Å². The van der Waals surface area contributed by atoms with Crippen molar-refractivity contribution < 1.29 is 4.39 Å². The molecule has 1 aliphatic rings. The lowest BCUT2D eigenvalue weighted by Gasteiger charge is -2.39. The second-order valence-electron chi connectivity index (χ2n) is 3.39. The molecule has 1 aromatic rings. The van der Waals surface area contributed by atoms with Crippen LogP contribution in [0.3, 0.4) is 0 Å². The molecule has 0 aliphatic carbocycles. The Morgan fingerprint density at radius 2 is 2.36 bits per heavy atom. The van der Waals surface area contributed by atoms with Crippen LogP contribution in [0.15, 0.2) is 12.4 Å². The normalized spacial score (nSPS) is 16.9. The first kappa shape index (κ1) is 9.33. The summed E-state index contributed by atoms with van der Waals surface area (Å²) in [5.41, 5.74) is 0.447. The quantitative estimate of drug-likeness (QED) is 0.757. The summed E-state index contributed by atoms with van der Waals surface area (Å²) in [6, 6.07) is 2.23. The van der Waals surface area contributed by atoms with Gasteiger partial charge in [-0.2, -0.15) is 0 Å². The Morgan fingerprint density at radius 1 is 1.57 bits per heavy atom. The Hall–Kier alpha value is -1.23. The average molecular weight is 196 g/mol. The third-order valence-electron chi connectivity index (χ3n) is 2.46. The van der Waals surface area contributed by atoms with Crippen LogP contribution in [-0.2, 0) is 6.67 Å². The molecule has 0 aromatic carbocycles. The number of alkyl halides is 1. The second-order valence-corrected chi connectivity index (χ2v) is 3.39. The summed E-state index contributed by atoms with van der Waals surface area (Å²) < 4.78 is 12.3. The number of anilines is 1. The fourth-order valence-corrected chi connectivity index (χ4v) is 1.48. The number of hydrogen-bond donors (Lipinski definition) is 1. The van der Waals surface area contributed by atoms with Crippen LogP contribution in [0.25, 0.3) is 0 Å². The van der Waals surface area contributed by atoms with E-state index in [4.69, 9.17) is 0 Å². The molecule has 76 valence electrons. The molecule has 0 amide bonds. The molecule has 1 aliphatic heterocycles. The van der Waals surface area contributed by atoms with E-state index in [-0.39, 0.29) is 0 Å². The van der Waals surface area contributed by atoms with Gasteiger partial charge in [0.1, 0.15) is 18.8 Å². The number of hydrogen-bond acceptors (Lipinski definition) is 4. The number of aromatic nitrogens is 2. The maximum Gasteiger partial charge on any atom is 0.132 e. The van der Waals surface area contributed by atoms with Crippen molar-refractivity contribution >= 4 is 5.82 Å². The van der Waals surface area contributed by atoms with Crippen LogP contribution in [0, 0.1) is 0 Å². The van der Waals surface area contributed by atoms with Gasteiger partial charge in [-0.3, -0.25) is 0 Å². The van der Waals surface area contributed by atoms with Crippen molar-refractivity contribution in [3.05, 3.63) is 18.1 Å². The van der Waals surface area contributed by atoms with Crippen molar-refractivity contribution in [3.8, 4) is 0 Å². The molecule has 14 heavy (non-hydrogen) atoms. The molecule has 1 aromatic heterocycles. The fourth-order valence-electron chi connectivity index (χ4n) is 1.48. The number of nitrogens with zero attached hydrogens (tertiary/aromatic N) is 3. The van der Waals surface area contributed by atoms with Crippen LogP contribution in [0.4, 0.5) is 10.2 Å². The van der Waals surface area contributed by atoms with E-state index < -0.39 is 6.67 Å². The highest BCUT2D eigenvalue weighted by molar-refractivity contribution is 5.42. The third kappa shape index (κ3) is 1.68. The van der Waals surface area contributed by atoms with E-state index in [0.29, 0.717) is 11.7 Å². The van der Waals surface area contributed by atoms with Gasteiger partial charge in [0.15, 0.2) is 0 Å². The van der Waals surface area contributed by atoms with Crippen molar-refractivity contribution in [3.63, 3.8) is 0 Å². The Bertz CT molecular complexity index is 311. The second kappa shape index (κ2) is 3.88. The first-order chi connectivity index (χ1) is 6.83.